The minimum Gasteiger partial charge on any atom is -0.494 e. The summed E-state index contributed by atoms with van der Waals surface area (Å²) < 4.78 is 66.6. The zero-order valence-electron chi connectivity index (χ0n) is 13.8. The number of aliphatic hydroxyl groups is 1. The van der Waals surface area contributed by atoms with E-state index in [-0.39, 0.29) is 25.6 Å². The van der Waals surface area contributed by atoms with Crippen LogP contribution in [0.3, 0.4) is 0 Å². The summed E-state index contributed by atoms with van der Waals surface area (Å²) in [6.07, 6.45) is -6.01. The van der Waals surface area contributed by atoms with Crippen molar-refractivity contribution >= 4 is 12.4 Å². The monoisotopic (exact) mass is 391 g/mol. The highest BCUT2D eigenvalue weighted by Gasteiger charge is 2.56. The van der Waals surface area contributed by atoms with Crippen molar-refractivity contribution in [2.24, 2.45) is 5.73 Å². The number of benzene rings is 1. The predicted molar refractivity (Wildman–Crippen MR) is 87.4 cm³/mol. The first-order chi connectivity index (χ1) is 11.0. The Bertz CT molecular complexity index is 506. The van der Waals surface area contributed by atoms with Crippen molar-refractivity contribution in [2.75, 3.05) is 13.2 Å². The molecular formula is C16H23ClF5NO2. The highest BCUT2D eigenvalue weighted by molar-refractivity contribution is 5.85. The van der Waals surface area contributed by atoms with Gasteiger partial charge in [0.15, 0.2) is 0 Å². The third kappa shape index (κ3) is 8.20. The third-order valence-corrected chi connectivity index (χ3v) is 3.59. The number of rotatable bonds is 9. The normalized spacial score (nSPS) is 14.6. The largest absolute Gasteiger partial charge is 0.494 e. The molecule has 0 heterocycles. The summed E-state index contributed by atoms with van der Waals surface area (Å²) in [6, 6.07) is 6.74. The molecule has 0 aliphatic carbocycles. The second-order valence-electron chi connectivity index (χ2n) is 6.11. The van der Waals surface area contributed by atoms with Gasteiger partial charge in [-0.25, -0.2) is 0 Å². The quantitative estimate of drug-likeness (QED) is 0.492. The molecule has 3 nitrogen and oxygen atoms in total. The zero-order valence-corrected chi connectivity index (χ0v) is 14.6. The maximum Gasteiger partial charge on any atom is 0.453 e. The Labute approximate surface area is 149 Å². The van der Waals surface area contributed by atoms with Crippen molar-refractivity contribution in [1.82, 2.24) is 0 Å². The van der Waals surface area contributed by atoms with E-state index in [1.165, 1.54) is 0 Å². The van der Waals surface area contributed by atoms with Crippen molar-refractivity contribution < 1.29 is 31.8 Å². The molecule has 0 saturated heterocycles. The fourth-order valence-electron chi connectivity index (χ4n) is 1.89. The molecule has 0 amide bonds. The van der Waals surface area contributed by atoms with E-state index in [4.69, 9.17) is 15.6 Å². The fraction of sp³-hybridized carbons (Fsp3) is 0.625. The predicted octanol–water partition coefficient (Wildman–Crippen LogP) is 4.11. The van der Waals surface area contributed by atoms with Crippen LogP contribution >= 0.6 is 12.4 Å². The maximum absolute atomic E-state index is 12.7. The number of hydrogen-bond donors (Lipinski definition) is 2. The molecule has 1 atom stereocenters. The summed E-state index contributed by atoms with van der Waals surface area (Å²) in [4.78, 5) is 0. The molecule has 3 N–H and O–H groups in total. The molecule has 0 radical (unpaired) electrons. The Morgan fingerprint density at radius 1 is 1.04 bits per heavy atom. The van der Waals surface area contributed by atoms with Gasteiger partial charge in [0.2, 0.25) is 0 Å². The van der Waals surface area contributed by atoms with Gasteiger partial charge in [-0.05, 0) is 43.9 Å². The summed E-state index contributed by atoms with van der Waals surface area (Å²) >= 11 is 0. The first-order valence-corrected chi connectivity index (χ1v) is 7.53. The molecule has 0 aliphatic heterocycles. The number of hydrogen-bond acceptors (Lipinski definition) is 3. The summed E-state index contributed by atoms with van der Waals surface area (Å²) in [5, 5.41) is 9.08. The van der Waals surface area contributed by atoms with Gasteiger partial charge >= 0.3 is 12.1 Å². The summed E-state index contributed by atoms with van der Waals surface area (Å²) in [6.45, 7) is 1.38. The van der Waals surface area contributed by atoms with Crippen LogP contribution in [0.1, 0.15) is 31.7 Å². The minimum atomic E-state index is -5.53. The van der Waals surface area contributed by atoms with Crippen LogP contribution in [-0.4, -0.2) is 36.0 Å². The molecule has 0 aliphatic rings. The van der Waals surface area contributed by atoms with Gasteiger partial charge in [-0.2, -0.15) is 22.0 Å². The lowest BCUT2D eigenvalue weighted by Crippen LogP contribution is -2.40. The van der Waals surface area contributed by atoms with Crippen molar-refractivity contribution in [3.63, 3.8) is 0 Å². The van der Waals surface area contributed by atoms with Crippen LogP contribution in [0.15, 0.2) is 24.3 Å². The van der Waals surface area contributed by atoms with Crippen molar-refractivity contribution in [3.8, 4) is 5.75 Å². The molecule has 0 bridgehead atoms. The Kier molecular flexibility index (Phi) is 9.12. The van der Waals surface area contributed by atoms with E-state index in [2.05, 4.69) is 0 Å². The number of halogens is 6. The van der Waals surface area contributed by atoms with Gasteiger partial charge in [-0.15, -0.1) is 12.4 Å². The second-order valence-corrected chi connectivity index (χ2v) is 6.11. The lowest BCUT2D eigenvalue weighted by atomic mass is 9.95. The zero-order chi connectivity index (χ0) is 18.4. The number of alkyl halides is 5. The smallest absolute Gasteiger partial charge is 0.453 e. The summed E-state index contributed by atoms with van der Waals surface area (Å²) in [7, 11) is 0. The third-order valence-electron chi connectivity index (χ3n) is 3.59. The first-order valence-electron chi connectivity index (χ1n) is 7.53. The average molecular weight is 392 g/mol. The van der Waals surface area contributed by atoms with Crippen LogP contribution in [0.25, 0.3) is 0 Å². The summed E-state index contributed by atoms with van der Waals surface area (Å²) in [5.74, 6) is -4.30. The molecule has 0 fully saturated rings. The average Bonchev–Trinajstić information content (AvgIpc) is 2.50. The number of nitrogens with two attached hydrogens (primary N) is 1. The molecule has 25 heavy (non-hydrogen) atoms. The maximum atomic E-state index is 12.7. The molecule has 0 saturated carbocycles. The van der Waals surface area contributed by atoms with Crippen LogP contribution in [0.4, 0.5) is 22.0 Å². The van der Waals surface area contributed by atoms with E-state index < -0.39 is 30.5 Å². The van der Waals surface area contributed by atoms with Crippen LogP contribution in [-0.2, 0) is 6.42 Å². The molecule has 0 spiro atoms. The molecule has 9 heteroatoms. The molecule has 146 valence electrons. The van der Waals surface area contributed by atoms with Crippen LogP contribution < -0.4 is 10.5 Å². The lowest BCUT2D eigenvalue weighted by Gasteiger charge is -2.21. The fourth-order valence-corrected chi connectivity index (χ4v) is 1.89. The molecule has 1 aromatic carbocycles. The van der Waals surface area contributed by atoms with Gasteiger partial charge in [-0.1, -0.05) is 12.1 Å². The van der Waals surface area contributed by atoms with Gasteiger partial charge in [0.1, 0.15) is 5.75 Å². The van der Waals surface area contributed by atoms with Crippen molar-refractivity contribution in [3.05, 3.63) is 29.8 Å². The topological polar surface area (TPSA) is 55.5 Å². The van der Waals surface area contributed by atoms with E-state index >= 15 is 0 Å². The first kappa shape index (κ1) is 23.9. The summed E-state index contributed by atoms with van der Waals surface area (Å²) in [5.41, 5.74) is 6.11. The van der Waals surface area contributed by atoms with Crippen LogP contribution in [0.2, 0.25) is 0 Å². The Balaban J connectivity index is 0.00000576. The van der Waals surface area contributed by atoms with Crippen LogP contribution in [0, 0.1) is 0 Å². The van der Waals surface area contributed by atoms with Crippen molar-refractivity contribution in [1.29, 1.82) is 0 Å². The van der Waals surface area contributed by atoms with Gasteiger partial charge in [0.05, 0.1) is 13.2 Å². The second kappa shape index (κ2) is 9.54. The molecule has 1 aromatic rings. The number of aryl methyl sites for hydroxylation is 1. The van der Waals surface area contributed by atoms with E-state index in [1.807, 2.05) is 0 Å². The van der Waals surface area contributed by atoms with Crippen molar-refractivity contribution in [2.45, 2.75) is 50.2 Å². The van der Waals surface area contributed by atoms with E-state index in [0.717, 1.165) is 5.56 Å². The van der Waals surface area contributed by atoms with E-state index in [0.29, 0.717) is 18.6 Å². The SMILES string of the molecule is C[C@@](N)(CO)CCc1ccc(OCCCC(F)(F)C(F)(F)F)cc1.Cl. The van der Waals surface area contributed by atoms with Gasteiger partial charge < -0.3 is 15.6 Å². The van der Waals surface area contributed by atoms with Gasteiger partial charge in [0.25, 0.3) is 0 Å². The number of aliphatic hydroxyl groups excluding tert-OH is 1. The Morgan fingerprint density at radius 3 is 2.08 bits per heavy atom. The molecule has 0 unspecified atom stereocenters. The minimum absolute atomic E-state index is 0. The highest BCUT2D eigenvalue weighted by atomic mass is 35.5. The van der Waals surface area contributed by atoms with Gasteiger partial charge in [0, 0.05) is 12.0 Å². The molecule has 1 rings (SSSR count). The van der Waals surface area contributed by atoms with E-state index in [9.17, 15) is 22.0 Å². The molecular weight excluding hydrogens is 369 g/mol. The van der Waals surface area contributed by atoms with Gasteiger partial charge in [-0.3, -0.25) is 0 Å². The Morgan fingerprint density at radius 2 is 1.60 bits per heavy atom. The molecule has 0 aromatic heterocycles. The highest BCUT2D eigenvalue weighted by Crippen LogP contribution is 2.38. The standard InChI is InChI=1S/C16H22F5NO2.ClH/c1-14(22,11-23)9-7-12-3-5-13(6-4-12)24-10-2-8-15(17,18)16(19,20)21;/h3-6,23H,2,7-11,22H2,1H3;1H/t14-;/m0./s1. The lowest BCUT2D eigenvalue weighted by molar-refractivity contribution is -0.284. The Hall–Kier alpha value is -1.12. The van der Waals surface area contributed by atoms with Crippen LogP contribution in [0.5, 0.6) is 5.75 Å². The van der Waals surface area contributed by atoms with E-state index in [1.54, 1.807) is 31.2 Å². The number of ether oxygens (including phenoxy) is 1.